The Morgan fingerprint density at radius 2 is 2.00 bits per heavy atom. The molecule has 2 rings (SSSR count). The van der Waals surface area contributed by atoms with E-state index >= 15 is 0 Å². The van der Waals surface area contributed by atoms with Crippen LogP contribution in [-0.2, 0) is 19.4 Å². The van der Waals surface area contributed by atoms with Gasteiger partial charge in [-0.25, -0.2) is 4.79 Å². The van der Waals surface area contributed by atoms with Crippen LogP contribution >= 0.6 is 0 Å². The molecule has 0 atom stereocenters. The molecule has 4 heteroatoms. The molecule has 0 saturated heterocycles. The third kappa shape index (κ3) is 2.56. The van der Waals surface area contributed by atoms with Gasteiger partial charge in [0, 0.05) is 18.1 Å². The van der Waals surface area contributed by atoms with Crippen molar-refractivity contribution in [1.29, 1.82) is 0 Å². The highest BCUT2D eigenvalue weighted by Crippen LogP contribution is 2.28. The minimum Gasteiger partial charge on any atom is -0.478 e. The van der Waals surface area contributed by atoms with Crippen molar-refractivity contribution in [3.63, 3.8) is 0 Å². The van der Waals surface area contributed by atoms with Gasteiger partial charge in [-0.2, -0.15) is 0 Å². The summed E-state index contributed by atoms with van der Waals surface area (Å²) in [6.07, 6.45) is 4.76. The van der Waals surface area contributed by atoms with E-state index < -0.39 is 5.97 Å². The molecule has 0 fully saturated rings. The highest BCUT2D eigenvalue weighted by atomic mass is 16.4. The Labute approximate surface area is 118 Å². The van der Waals surface area contributed by atoms with E-state index in [4.69, 9.17) is 0 Å². The molecule has 1 aromatic carbocycles. The zero-order valence-electron chi connectivity index (χ0n) is 12.0. The average molecular weight is 275 g/mol. The lowest BCUT2D eigenvalue weighted by molar-refractivity contribution is 0.0697. The number of hydrogen-bond donors (Lipinski definition) is 2. The third-order valence-electron chi connectivity index (χ3n) is 3.62. The number of carboxylic acid groups (broad SMARTS) is 1. The maximum Gasteiger partial charge on any atom is 0.335 e. The van der Waals surface area contributed by atoms with Crippen LogP contribution in [0.2, 0.25) is 0 Å². The van der Waals surface area contributed by atoms with Gasteiger partial charge in [-0.1, -0.05) is 20.3 Å². The SMILES string of the molecule is CCCc1cn(CCO)c2c(CC)cc(C(=O)O)cc12. The first-order valence-electron chi connectivity index (χ1n) is 7.11. The minimum atomic E-state index is -0.890. The van der Waals surface area contributed by atoms with Gasteiger partial charge in [0.15, 0.2) is 0 Å². The van der Waals surface area contributed by atoms with Crippen molar-refractivity contribution < 1.29 is 15.0 Å². The number of carbonyl (C=O) groups is 1. The Kier molecular flexibility index (Phi) is 4.45. The van der Waals surface area contributed by atoms with Gasteiger partial charge in [0.25, 0.3) is 0 Å². The number of aromatic carboxylic acids is 1. The molecular formula is C16H21NO3. The van der Waals surface area contributed by atoms with E-state index in [-0.39, 0.29) is 6.61 Å². The third-order valence-corrected chi connectivity index (χ3v) is 3.62. The Hall–Kier alpha value is -1.81. The number of aliphatic hydroxyl groups is 1. The Balaban J connectivity index is 2.74. The molecule has 0 saturated carbocycles. The number of carboxylic acids is 1. The topological polar surface area (TPSA) is 62.5 Å². The second kappa shape index (κ2) is 6.09. The quantitative estimate of drug-likeness (QED) is 0.852. The molecule has 1 aromatic heterocycles. The maximum atomic E-state index is 11.3. The molecule has 0 bridgehead atoms. The molecule has 2 N–H and O–H groups in total. The Morgan fingerprint density at radius 3 is 2.55 bits per heavy atom. The van der Waals surface area contributed by atoms with Crippen LogP contribution in [-0.4, -0.2) is 27.4 Å². The van der Waals surface area contributed by atoms with Crippen LogP contribution in [0.4, 0.5) is 0 Å². The first-order chi connectivity index (χ1) is 9.62. The molecule has 0 amide bonds. The van der Waals surface area contributed by atoms with Gasteiger partial charge in [0.1, 0.15) is 0 Å². The van der Waals surface area contributed by atoms with Crippen LogP contribution in [0.5, 0.6) is 0 Å². The summed E-state index contributed by atoms with van der Waals surface area (Å²) in [6, 6.07) is 3.50. The summed E-state index contributed by atoms with van der Waals surface area (Å²) in [7, 11) is 0. The summed E-state index contributed by atoms with van der Waals surface area (Å²) < 4.78 is 2.05. The van der Waals surface area contributed by atoms with E-state index in [0.717, 1.165) is 41.3 Å². The van der Waals surface area contributed by atoms with Gasteiger partial charge in [0.2, 0.25) is 0 Å². The molecular weight excluding hydrogens is 254 g/mol. The van der Waals surface area contributed by atoms with E-state index in [1.165, 1.54) is 0 Å². The van der Waals surface area contributed by atoms with Gasteiger partial charge in [0.05, 0.1) is 17.7 Å². The number of fused-ring (bicyclic) bond motifs is 1. The molecule has 108 valence electrons. The zero-order chi connectivity index (χ0) is 14.7. The molecule has 0 radical (unpaired) electrons. The lowest BCUT2D eigenvalue weighted by Crippen LogP contribution is -2.03. The van der Waals surface area contributed by atoms with Gasteiger partial charge >= 0.3 is 5.97 Å². The van der Waals surface area contributed by atoms with Crippen LogP contribution in [0.1, 0.15) is 41.8 Å². The van der Waals surface area contributed by atoms with Gasteiger partial charge in [-0.3, -0.25) is 0 Å². The minimum absolute atomic E-state index is 0.0825. The highest BCUT2D eigenvalue weighted by molar-refractivity contribution is 5.96. The van der Waals surface area contributed by atoms with Crippen LogP contribution in [0.15, 0.2) is 18.3 Å². The number of aryl methyl sites for hydroxylation is 2. The van der Waals surface area contributed by atoms with Crippen molar-refractivity contribution in [2.24, 2.45) is 0 Å². The van der Waals surface area contributed by atoms with Crippen molar-refractivity contribution in [2.45, 2.75) is 39.7 Å². The summed E-state index contributed by atoms with van der Waals surface area (Å²) in [5.41, 5.74) is 3.59. The predicted octanol–water partition coefficient (Wildman–Crippen LogP) is 2.85. The van der Waals surface area contributed by atoms with E-state index in [0.29, 0.717) is 12.1 Å². The first-order valence-corrected chi connectivity index (χ1v) is 7.11. The second-order valence-corrected chi connectivity index (χ2v) is 5.01. The highest BCUT2D eigenvalue weighted by Gasteiger charge is 2.15. The monoisotopic (exact) mass is 275 g/mol. The van der Waals surface area contributed by atoms with E-state index in [1.54, 1.807) is 12.1 Å². The zero-order valence-corrected chi connectivity index (χ0v) is 12.0. The molecule has 0 spiro atoms. The van der Waals surface area contributed by atoms with Crippen LogP contribution in [0.25, 0.3) is 10.9 Å². The summed E-state index contributed by atoms with van der Waals surface area (Å²) in [4.78, 5) is 11.3. The van der Waals surface area contributed by atoms with Crippen molar-refractivity contribution in [3.8, 4) is 0 Å². The molecule has 2 aromatic rings. The predicted molar refractivity (Wildman–Crippen MR) is 79.4 cm³/mol. The van der Waals surface area contributed by atoms with Crippen LogP contribution in [0, 0.1) is 0 Å². The maximum absolute atomic E-state index is 11.3. The van der Waals surface area contributed by atoms with Crippen molar-refractivity contribution in [3.05, 3.63) is 35.0 Å². The Bertz CT molecular complexity index is 628. The molecule has 0 aliphatic rings. The molecule has 1 heterocycles. The van der Waals surface area contributed by atoms with Gasteiger partial charge in [-0.05, 0) is 36.1 Å². The van der Waals surface area contributed by atoms with Gasteiger partial charge in [-0.15, -0.1) is 0 Å². The van der Waals surface area contributed by atoms with Crippen molar-refractivity contribution in [2.75, 3.05) is 6.61 Å². The average Bonchev–Trinajstić information content (AvgIpc) is 2.77. The van der Waals surface area contributed by atoms with Gasteiger partial charge < -0.3 is 14.8 Å². The summed E-state index contributed by atoms with van der Waals surface area (Å²) >= 11 is 0. The number of rotatable bonds is 6. The van der Waals surface area contributed by atoms with Crippen LogP contribution < -0.4 is 0 Å². The molecule has 0 aliphatic carbocycles. The number of nitrogens with zero attached hydrogens (tertiary/aromatic N) is 1. The summed E-state index contributed by atoms with van der Waals surface area (Å²) in [5, 5.41) is 19.5. The van der Waals surface area contributed by atoms with E-state index in [9.17, 15) is 15.0 Å². The summed E-state index contributed by atoms with van der Waals surface area (Å²) in [5.74, 6) is -0.890. The standard InChI is InChI=1S/C16H21NO3/c1-3-5-12-10-17(6-7-18)15-11(4-2)8-13(16(19)20)9-14(12)15/h8-10,18H,3-7H2,1-2H3,(H,19,20). The van der Waals surface area contributed by atoms with Crippen molar-refractivity contribution in [1.82, 2.24) is 4.57 Å². The fraction of sp³-hybridized carbons (Fsp3) is 0.438. The number of aliphatic hydroxyl groups excluding tert-OH is 1. The molecule has 0 aliphatic heterocycles. The normalized spacial score (nSPS) is 11.2. The lowest BCUT2D eigenvalue weighted by atomic mass is 10.0. The fourth-order valence-electron chi connectivity index (χ4n) is 2.75. The fourth-order valence-corrected chi connectivity index (χ4v) is 2.75. The molecule has 0 unspecified atom stereocenters. The van der Waals surface area contributed by atoms with E-state index in [1.807, 2.05) is 11.5 Å². The summed E-state index contributed by atoms with van der Waals surface area (Å²) in [6.45, 7) is 4.76. The number of aromatic nitrogens is 1. The second-order valence-electron chi connectivity index (χ2n) is 5.01. The first kappa shape index (κ1) is 14.6. The number of benzene rings is 1. The van der Waals surface area contributed by atoms with Crippen LogP contribution in [0.3, 0.4) is 0 Å². The van der Waals surface area contributed by atoms with Crippen molar-refractivity contribution >= 4 is 16.9 Å². The Morgan fingerprint density at radius 1 is 1.25 bits per heavy atom. The molecule has 20 heavy (non-hydrogen) atoms. The number of hydrogen-bond acceptors (Lipinski definition) is 2. The smallest absolute Gasteiger partial charge is 0.335 e. The lowest BCUT2D eigenvalue weighted by Gasteiger charge is -2.08. The van der Waals surface area contributed by atoms with E-state index in [2.05, 4.69) is 13.1 Å². The molecule has 4 nitrogen and oxygen atoms in total. The largest absolute Gasteiger partial charge is 0.478 e.